The summed E-state index contributed by atoms with van der Waals surface area (Å²) in [5.74, 6) is -1.52. The number of fused-ring (bicyclic) bond motifs is 2. The van der Waals surface area contributed by atoms with Gasteiger partial charge in [0.25, 0.3) is 10.1 Å². The number of ether oxygens (including phenoxy) is 2. The molecule has 0 spiro atoms. The van der Waals surface area contributed by atoms with Crippen molar-refractivity contribution in [2.24, 2.45) is 17.8 Å². The van der Waals surface area contributed by atoms with Gasteiger partial charge in [-0.2, -0.15) is 8.42 Å². The molecule has 28 heavy (non-hydrogen) atoms. The van der Waals surface area contributed by atoms with E-state index in [4.69, 9.17) is 14.0 Å². The Morgan fingerprint density at radius 3 is 2.43 bits per heavy atom. The minimum atomic E-state index is -4.15. The molecule has 2 bridgehead atoms. The topological polar surface area (TPSA) is 107 Å². The fourth-order valence-corrected chi connectivity index (χ4v) is 6.59. The van der Waals surface area contributed by atoms with E-state index < -0.39 is 21.8 Å². The maximum atomic E-state index is 12.6. The molecule has 0 aromatic heterocycles. The Morgan fingerprint density at radius 1 is 1.11 bits per heavy atom. The van der Waals surface area contributed by atoms with Crippen LogP contribution in [-0.2, 0) is 24.4 Å². The third-order valence-corrected chi connectivity index (χ3v) is 9.50. The van der Waals surface area contributed by atoms with Crippen molar-refractivity contribution in [1.82, 2.24) is 0 Å². The summed E-state index contributed by atoms with van der Waals surface area (Å²) in [6.07, 6.45) is 1.74. The van der Waals surface area contributed by atoms with Gasteiger partial charge in [-0.05, 0) is 111 Å². The Balaban J connectivity index is 1.56. The molecule has 4 atom stereocenters. The maximum absolute atomic E-state index is 12.6. The Kier molecular flexibility index (Phi) is 7.52. The van der Waals surface area contributed by atoms with E-state index in [2.05, 4.69) is 67.8 Å². The van der Waals surface area contributed by atoms with Crippen molar-refractivity contribution in [2.75, 3.05) is 12.4 Å². The second-order valence-corrected chi connectivity index (χ2v) is 12.0. The molecule has 7 nitrogen and oxygen atoms in total. The van der Waals surface area contributed by atoms with Crippen molar-refractivity contribution in [2.45, 2.75) is 25.4 Å². The summed E-state index contributed by atoms with van der Waals surface area (Å²) in [6, 6.07) is 3.81. The zero-order valence-electron chi connectivity index (χ0n) is 14.4. The van der Waals surface area contributed by atoms with Crippen LogP contribution in [0, 0.1) is 28.5 Å². The number of carbonyl (C=O) groups is 2. The lowest BCUT2D eigenvalue weighted by molar-refractivity contribution is -0.150. The monoisotopic (exact) mass is 746 g/mol. The Morgan fingerprint density at radius 2 is 1.82 bits per heavy atom. The first-order valence-corrected chi connectivity index (χ1v) is 13.4. The number of carbonyl (C=O) groups excluding carboxylic acids is 2. The van der Waals surface area contributed by atoms with Crippen LogP contribution < -0.4 is 0 Å². The van der Waals surface area contributed by atoms with Crippen LogP contribution in [0.4, 0.5) is 0 Å². The molecule has 2 fully saturated rings. The van der Waals surface area contributed by atoms with Crippen molar-refractivity contribution < 1.29 is 32.0 Å². The van der Waals surface area contributed by atoms with Crippen molar-refractivity contribution >= 4 is 89.8 Å². The van der Waals surface area contributed by atoms with Crippen LogP contribution in [0.2, 0.25) is 0 Å². The number of hydrogen-bond donors (Lipinski definition) is 1. The van der Waals surface area contributed by atoms with E-state index in [9.17, 15) is 18.0 Å². The van der Waals surface area contributed by atoms with Gasteiger partial charge in [-0.15, -0.1) is 0 Å². The van der Waals surface area contributed by atoms with Gasteiger partial charge in [0.1, 0.15) is 18.5 Å². The van der Waals surface area contributed by atoms with Gasteiger partial charge in [-0.25, -0.2) is 4.79 Å². The van der Waals surface area contributed by atoms with Crippen molar-refractivity contribution in [3.8, 4) is 0 Å². The highest BCUT2D eigenvalue weighted by molar-refractivity contribution is 14.1. The number of halogens is 3. The summed E-state index contributed by atoms with van der Waals surface area (Å²) in [5, 5.41) is 0. The smallest absolute Gasteiger partial charge is 0.339 e. The van der Waals surface area contributed by atoms with E-state index in [1.54, 1.807) is 0 Å². The van der Waals surface area contributed by atoms with E-state index in [0.717, 1.165) is 17.1 Å². The molecule has 0 amide bonds. The minimum Gasteiger partial charge on any atom is -0.464 e. The van der Waals surface area contributed by atoms with E-state index >= 15 is 0 Å². The summed E-state index contributed by atoms with van der Waals surface area (Å²) in [5.41, 5.74) is 0.556. The highest BCUT2D eigenvalue weighted by Gasteiger charge is 2.50. The molecular weight excluding hydrogens is 729 g/mol. The zero-order valence-corrected chi connectivity index (χ0v) is 21.7. The van der Waals surface area contributed by atoms with Gasteiger partial charge < -0.3 is 9.47 Å². The van der Waals surface area contributed by atoms with E-state index in [1.165, 1.54) is 0 Å². The molecule has 1 N–H and O–H groups in total. The van der Waals surface area contributed by atoms with Crippen molar-refractivity contribution in [3.63, 3.8) is 0 Å². The second kappa shape index (κ2) is 9.18. The third kappa shape index (κ3) is 5.49. The Labute approximate surface area is 203 Å². The van der Waals surface area contributed by atoms with E-state index in [0.29, 0.717) is 18.4 Å². The normalized spacial score (nSPS) is 26.3. The quantitative estimate of drug-likeness (QED) is 0.206. The summed E-state index contributed by atoms with van der Waals surface area (Å²) >= 11 is 6.51. The first kappa shape index (κ1) is 22.9. The summed E-state index contributed by atoms with van der Waals surface area (Å²) in [6.45, 7) is -0.353. The highest BCUT2D eigenvalue weighted by atomic mass is 127. The fourth-order valence-electron chi connectivity index (χ4n) is 3.92. The predicted octanol–water partition coefficient (Wildman–Crippen LogP) is 3.50. The Bertz CT molecular complexity index is 902. The van der Waals surface area contributed by atoms with Crippen molar-refractivity contribution in [3.05, 3.63) is 28.4 Å². The van der Waals surface area contributed by atoms with Crippen LogP contribution in [0.15, 0.2) is 12.1 Å². The van der Waals surface area contributed by atoms with E-state index in [-0.39, 0.29) is 36.4 Å². The van der Waals surface area contributed by atoms with Crippen LogP contribution in [0.1, 0.15) is 29.6 Å². The molecule has 0 aliphatic heterocycles. The molecule has 1 aromatic carbocycles. The number of benzene rings is 1. The summed E-state index contributed by atoms with van der Waals surface area (Å²) in [4.78, 5) is 24.8. The lowest BCUT2D eigenvalue weighted by atomic mass is 9.87. The molecule has 2 aliphatic carbocycles. The lowest BCUT2D eigenvalue weighted by Crippen LogP contribution is -2.32. The maximum Gasteiger partial charge on any atom is 0.339 e. The zero-order chi connectivity index (χ0) is 20.6. The number of hydrogen-bond acceptors (Lipinski definition) is 6. The van der Waals surface area contributed by atoms with Gasteiger partial charge >= 0.3 is 11.9 Å². The van der Waals surface area contributed by atoms with Crippen LogP contribution in [0.25, 0.3) is 0 Å². The van der Waals surface area contributed by atoms with Crippen LogP contribution in [0.3, 0.4) is 0 Å². The van der Waals surface area contributed by atoms with Gasteiger partial charge in [0, 0.05) is 10.7 Å². The standard InChI is InChI=1S/C17H17I3O7S/c18-10-6-12(15(20)13(19)7-10)17(22)27-14-5-8-3-9(14)4-11(8)16(21)26-1-2-28(23,24)25/h6-9,11,14H,1-5H2,(H,23,24,25). The fraction of sp³-hybridized carbons (Fsp3) is 0.529. The average Bonchev–Trinajstić information content (AvgIpc) is 3.17. The highest BCUT2D eigenvalue weighted by Crippen LogP contribution is 2.50. The Hall–Kier alpha value is 0.260. The number of rotatable bonds is 6. The van der Waals surface area contributed by atoms with Crippen LogP contribution in [-0.4, -0.2) is 43.4 Å². The molecule has 11 heteroatoms. The van der Waals surface area contributed by atoms with Crippen molar-refractivity contribution in [1.29, 1.82) is 0 Å². The van der Waals surface area contributed by atoms with Crippen LogP contribution in [0.5, 0.6) is 0 Å². The summed E-state index contributed by atoms with van der Waals surface area (Å²) in [7, 11) is -4.15. The molecule has 2 aliphatic rings. The molecule has 0 heterocycles. The number of esters is 2. The largest absolute Gasteiger partial charge is 0.464 e. The molecule has 0 radical (unpaired) electrons. The molecule has 154 valence electrons. The molecular formula is C17H17I3O7S. The SMILES string of the molecule is O=C(OC1CC2CC1CC2C(=O)OCCS(=O)(=O)O)c1cc(I)cc(I)c1I. The van der Waals surface area contributed by atoms with Gasteiger partial charge in [0.15, 0.2) is 0 Å². The predicted molar refractivity (Wildman–Crippen MR) is 125 cm³/mol. The van der Waals surface area contributed by atoms with Gasteiger partial charge in [0.05, 0.1) is 11.5 Å². The molecule has 4 unspecified atom stereocenters. The molecule has 1 aromatic rings. The first-order valence-electron chi connectivity index (χ1n) is 8.52. The minimum absolute atomic E-state index is 0.0659. The molecule has 0 saturated heterocycles. The van der Waals surface area contributed by atoms with Gasteiger partial charge in [-0.1, -0.05) is 0 Å². The average molecular weight is 746 g/mol. The molecule has 2 saturated carbocycles. The third-order valence-electron chi connectivity index (χ3n) is 5.15. The molecule has 3 rings (SSSR count). The van der Waals surface area contributed by atoms with Gasteiger partial charge in [-0.3, -0.25) is 9.35 Å². The second-order valence-electron chi connectivity index (χ2n) is 6.98. The van der Waals surface area contributed by atoms with Gasteiger partial charge in [0.2, 0.25) is 0 Å². The summed E-state index contributed by atoms with van der Waals surface area (Å²) < 4.78 is 43.7. The van der Waals surface area contributed by atoms with Crippen LogP contribution >= 0.6 is 67.8 Å². The first-order chi connectivity index (χ1) is 13.0. The lowest BCUT2D eigenvalue weighted by Gasteiger charge is -2.26. The van der Waals surface area contributed by atoms with E-state index in [1.807, 2.05) is 12.1 Å².